The number of methoxy groups -OCH3 is 1. The van der Waals surface area contributed by atoms with E-state index in [0.717, 1.165) is 12.1 Å². The third-order valence-corrected chi connectivity index (χ3v) is 3.33. The molecule has 3 nitrogen and oxygen atoms in total. The van der Waals surface area contributed by atoms with Crippen molar-refractivity contribution in [3.05, 3.63) is 34.9 Å². The van der Waals surface area contributed by atoms with Crippen LogP contribution in [0.15, 0.2) is 18.2 Å². The molecule has 2 unspecified atom stereocenters. The molecule has 0 saturated heterocycles. The van der Waals surface area contributed by atoms with Gasteiger partial charge in [-0.2, -0.15) is 13.2 Å². The van der Waals surface area contributed by atoms with Gasteiger partial charge in [0.2, 0.25) is 0 Å². The summed E-state index contributed by atoms with van der Waals surface area (Å²) in [5.41, 5.74) is -0.593. The Bertz CT molecular complexity index is 496. The zero-order valence-electron chi connectivity index (χ0n) is 10.2. The molecule has 1 saturated carbocycles. The summed E-state index contributed by atoms with van der Waals surface area (Å²) in [5.74, 6) is -1.17. The van der Waals surface area contributed by atoms with E-state index in [1.54, 1.807) is 0 Å². The van der Waals surface area contributed by atoms with E-state index in [9.17, 15) is 18.0 Å². The van der Waals surface area contributed by atoms with Gasteiger partial charge in [0.1, 0.15) is 0 Å². The van der Waals surface area contributed by atoms with Crippen LogP contribution in [0.3, 0.4) is 0 Å². The van der Waals surface area contributed by atoms with E-state index < -0.39 is 17.7 Å². The molecule has 0 aromatic heterocycles. The number of carbonyl (C=O) groups excluding carboxylic acids is 1. The van der Waals surface area contributed by atoms with Crippen molar-refractivity contribution in [2.45, 2.75) is 18.5 Å². The summed E-state index contributed by atoms with van der Waals surface area (Å²) in [7, 11) is 1.17. The van der Waals surface area contributed by atoms with Gasteiger partial charge in [0, 0.05) is 6.61 Å². The maximum atomic E-state index is 12.9. The van der Waals surface area contributed by atoms with Gasteiger partial charge in [0.15, 0.2) is 0 Å². The van der Waals surface area contributed by atoms with Gasteiger partial charge in [0.05, 0.1) is 18.2 Å². The predicted molar refractivity (Wildman–Crippen MR) is 60.7 cm³/mol. The number of aliphatic hydroxyl groups is 1. The Morgan fingerprint density at radius 1 is 1.47 bits per heavy atom. The minimum atomic E-state index is -4.47. The Kier molecular flexibility index (Phi) is 3.54. The van der Waals surface area contributed by atoms with Crippen molar-refractivity contribution >= 4 is 5.97 Å². The number of hydrogen-bond acceptors (Lipinski definition) is 3. The third kappa shape index (κ3) is 2.73. The van der Waals surface area contributed by atoms with Crippen LogP contribution in [0.1, 0.15) is 33.8 Å². The van der Waals surface area contributed by atoms with E-state index in [0.29, 0.717) is 6.42 Å². The van der Waals surface area contributed by atoms with Crippen LogP contribution in [-0.4, -0.2) is 24.8 Å². The summed E-state index contributed by atoms with van der Waals surface area (Å²) >= 11 is 0. The number of hydrogen-bond donors (Lipinski definition) is 1. The van der Waals surface area contributed by atoms with Gasteiger partial charge in [0.25, 0.3) is 0 Å². The second-order valence-electron chi connectivity index (χ2n) is 4.58. The Morgan fingerprint density at radius 3 is 2.63 bits per heavy atom. The molecule has 0 heterocycles. The van der Waals surface area contributed by atoms with Crippen molar-refractivity contribution in [2.24, 2.45) is 5.92 Å². The number of aliphatic hydroxyl groups excluding tert-OH is 1. The summed E-state index contributed by atoms with van der Waals surface area (Å²) < 4.78 is 43.2. The van der Waals surface area contributed by atoms with Gasteiger partial charge in [-0.05, 0) is 42.0 Å². The van der Waals surface area contributed by atoms with Gasteiger partial charge in [-0.3, -0.25) is 0 Å². The average molecular weight is 274 g/mol. The van der Waals surface area contributed by atoms with E-state index in [1.165, 1.54) is 13.2 Å². The van der Waals surface area contributed by atoms with Gasteiger partial charge >= 0.3 is 12.1 Å². The van der Waals surface area contributed by atoms with E-state index in [1.807, 2.05) is 0 Å². The molecule has 104 valence electrons. The zero-order chi connectivity index (χ0) is 14.2. The van der Waals surface area contributed by atoms with Crippen molar-refractivity contribution in [3.63, 3.8) is 0 Å². The summed E-state index contributed by atoms with van der Waals surface area (Å²) in [6.45, 7) is -0.148. The maximum absolute atomic E-state index is 12.9. The first-order valence-corrected chi connectivity index (χ1v) is 5.78. The monoisotopic (exact) mass is 274 g/mol. The van der Waals surface area contributed by atoms with E-state index in [4.69, 9.17) is 5.11 Å². The molecule has 19 heavy (non-hydrogen) atoms. The van der Waals surface area contributed by atoms with Crippen LogP contribution in [0.5, 0.6) is 0 Å². The van der Waals surface area contributed by atoms with Crippen LogP contribution >= 0.6 is 0 Å². The SMILES string of the molecule is COC(=O)c1ccc(C(F)(F)F)c(C2CC2CO)c1. The first-order valence-electron chi connectivity index (χ1n) is 5.78. The van der Waals surface area contributed by atoms with Crippen LogP contribution < -0.4 is 0 Å². The topological polar surface area (TPSA) is 46.5 Å². The van der Waals surface area contributed by atoms with Crippen LogP contribution in [0.4, 0.5) is 13.2 Å². The molecule has 0 amide bonds. The minimum Gasteiger partial charge on any atom is -0.465 e. The molecule has 0 aliphatic heterocycles. The number of alkyl halides is 3. The van der Waals surface area contributed by atoms with Crippen molar-refractivity contribution < 1.29 is 27.8 Å². The maximum Gasteiger partial charge on any atom is 0.416 e. The predicted octanol–water partition coefficient (Wildman–Crippen LogP) is 2.59. The van der Waals surface area contributed by atoms with Crippen LogP contribution in [0.2, 0.25) is 0 Å². The lowest BCUT2D eigenvalue weighted by atomic mass is 9.98. The quantitative estimate of drug-likeness (QED) is 0.862. The molecule has 0 spiro atoms. The summed E-state index contributed by atoms with van der Waals surface area (Å²) in [6.07, 6.45) is -3.96. The highest BCUT2D eigenvalue weighted by molar-refractivity contribution is 5.89. The van der Waals surface area contributed by atoms with Crippen molar-refractivity contribution in [1.82, 2.24) is 0 Å². The molecule has 1 aromatic rings. The summed E-state index contributed by atoms with van der Waals surface area (Å²) in [6, 6.07) is 3.22. The number of rotatable bonds is 3. The largest absolute Gasteiger partial charge is 0.465 e. The Morgan fingerprint density at radius 2 is 2.16 bits per heavy atom. The van der Waals surface area contributed by atoms with E-state index in [-0.39, 0.29) is 29.6 Å². The third-order valence-electron chi connectivity index (χ3n) is 3.33. The summed E-state index contributed by atoms with van der Waals surface area (Å²) in [4.78, 5) is 11.4. The first kappa shape index (κ1) is 13.9. The smallest absolute Gasteiger partial charge is 0.416 e. The van der Waals surface area contributed by atoms with Gasteiger partial charge in [-0.15, -0.1) is 0 Å². The second-order valence-corrected chi connectivity index (χ2v) is 4.58. The fourth-order valence-corrected chi connectivity index (χ4v) is 2.20. The van der Waals surface area contributed by atoms with Crippen molar-refractivity contribution in [2.75, 3.05) is 13.7 Å². The van der Waals surface area contributed by atoms with Crippen LogP contribution in [0, 0.1) is 5.92 Å². The fraction of sp³-hybridized carbons (Fsp3) is 0.462. The number of ether oxygens (including phenoxy) is 1. The molecule has 2 atom stereocenters. The van der Waals surface area contributed by atoms with Crippen molar-refractivity contribution in [3.8, 4) is 0 Å². The lowest BCUT2D eigenvalue weighted by Crippen LogP contribution is -2.11. The van der Waals surface area contributed by atoms with E-state index in [2.05, 4.69) is 4.74 Å². The lowest BCUT2D eigenvalue weighted by molar-refractivity contribution is -0.138. The van der Waals surface area contributed by atoms with Crippen LogP contribution in [-0.2, 0) is 10.9 Å². The first-order chi connectivity index (χ1) is 8.88. The molecule has 2 rings (SSSR count). The second kappa shape index (κ2) is 4.85. The fourth-order valence-electron chi connectivity index (χ4n) is 2.20. The Hall–Kier alpha value is -1.56. The van der Waals surface area contributed by atoms with Gasteiger partial charge < -0.3 is 9.84 Å². The molecule has 1 aliphatic carbocycles. The number of carbonyl (C=O) groups is 1. The van der Waals surface area contributed by atoms with E-state index >= 15 is 0 Å². The lowest BCUT2D eigenvalue weighted by Gasteiger charge is -2.14. The molecule has 1 N–H and O–H groups in total. The van der Waals surface area contributed by atoms with Gasteiger partial charge in [-0.25, -0.2) is 4.79 Å². The minimum absolute atomic E-state index is 0.0643. The normalized spacial score (nSPS) is 22.2. The standard InChI is InChI=1S/C13H13F3O3/c1-19-12(18)7-2-3-11(13(14,15)16)10(4-7)9-5-8(9)6-17/h2-4,8-9,17H,5-6H2,1H3. The molecule has 1 aliphatic rings. The number of esters is 1. The van der Waals surface area contributed by atoms with Crippen molar-refractivity contribution in [1.29, 1.82) is 0 Å². The molecular formula is C13H13F3O3. The molecule has 1 aromatic carbocycles. The van der Waals surface area contributed by atoms with Crippen LogP contribution in [0.25, 0.3) is 0 Å². The molecule has 0 radical (unpaired) electrons. The molecule has 6 heteroatoms. The molecular weight excluding hydrogens is 261 g/mol. The highest BCUT2D eigenvalue weighted by Gasteiger charge is 2.44. The zero-order valence-corrected chi connectivity index (χ0v) is 10.2. The highest BCUT2D eigenvalue weighted by atomic mass is 19.4. The van der Waals surface area contributed by atoms with Gasteiger partial charge in [-0.1, -0.05) is 0 Å². The molecule has 0 bridgehead atoms. The molecule has 1 fully saturated rings. The Labute approximate surface area is 108 Å². The average Bonchev–Trinajstić information content (AvgIpc) is 3.15. The number of halogens is 3. The summed E-state index contributed by atoms with van der Waals surface area (Å²) in [5, 5.41) is 8.98. The number of benzene rings is 1. The highest BCUT2D eigenvalue weighted by Crippen LogP contribution is 2.50. The Balaban J connectivity index is 2.43.